The highest BCUT2D eigenvalue weighted by molar-refractivity contribution is 4.69. The van der Waals surface area contributed by atoms with Gasteiger partial charge in [-0.2, -0.15) is 0 Å². The number of nitrogens with two attached hydrogens (primary N) is 1. The zero-order valence-corrected chi connectivity index (χ0v) is 9.32. The van der Waals surface area contributed by atoms with Crippen LogP contribution >= 0.6 is 0 Å². The van der Waals surface area contributed by atoms with Gasteiger partial charge in [-0.05, 0) is 18.8 Å². The molecule has 0 radical (unpaired) electrons. The number of hydrogen-bond acceptors (Lipinski definition) is 3. The molecule has 0 bridgehead atoms. The predicted octanol–water partition coefficient (Wildman–Crippen LogP) is 1.35. The molecular weight excluding hydrogens is 166 g/mol. The molecule has 0 fully saturated rings. The summed E-state index contributed by atoms with van der Waals surface area (Å²) in [6.45, 7) is 10.1. The third-order valence-corrected chi connectivity index (χ3v) is 2.06. The fourth-order valence-electron chi connectivity index (χ4n) is 1.37. The smallest absolute Gasteiger partial charge is 0.169 e. The maximum absolute atomic E-state index is 9.45. The lowest BCUT2D eigenvalue weighted by molar-refractivity contribution is -0.168. The number of aliphatic hydroxyl groups is 1. The molecule has 0 aliphatic carbocycles. The van der Waals surface area contributed by atoms with Crippen LogP contribution in [0.2, 0.25) is 0 Å². The molecular formula is C10H23NO2. The third-order valence-electron chi connectivity index (χ3n) is 2.06. The number of aliphatic hydroxyl groups excluding tert-OH is 1. The molecule has 0 spiro atoms. The number of hydrogen-bond donors (Lipinski definition) is 2. The molecule has 80 valence electrons. The Morgan fingerprint density at radius 2 is 1.38 bits per heavy atom. The first-order chi connectivity index (χ1) is 5.86. The van der Waals surface area contributed by atoms with Crippen molar-refractivity contribution in [3.05, 3.63) is 0 Å². The molecule has 2 unspecified atom stereocenters. The van der Waals surface area contributed by atoms with E-state index in [1.54, 1.807) is 6.92 Å². The highest BCUT2D eigenvalue weighted by Crippen LogP contribution is 2.17. The summed E-state index contributed by atoms with van der Waals surface area (Å²) in [5.74, 6) is 0.793. The Balaban J connectivity index is 4.10. The second-order valence-corrected chi connectivity index (χ2v) is 4.34. The van der Waals surface area contributed by atoms with Gasteiger partial charge in [0, 0.05) is 0 Å². The number of ether oxygens (including phenoxy) is 1. The average molecular weight is 189 g/mol. The van der Waals surface area contributed by atoms with Gasteiger partial charge in [-0.1, -0.05) is 27.7 Å². The van der Waals surface area contributed by atoms with Crippen molar-refractivity contribution in [3.63, 3.8) is 0 Å². The molecule has 3 N–H and O–H groups in total. The Labute approximate surface area is 81.3 Å². The summed E-state index contributed by atoms with van der Waals surface area (Å²) in [4.78, 5) is 0. The Morgan fingerprint density at radius 3 is 1.62 bits per heavy atom. The van der Waals surface area contributed by atoms with Crippen molar-refractivity contribution in [3.8, 4) is 0 Å². The van der Waals surface area contributed by atoms with Crippen LogP contribution in [0.4, 0.5) is 0 Å². The molecule has 3 nitrogen and oxygen atoms in total. The van der Waals surface area contributed by atoms with Crippen LogP contribution in [0.3, 0.4) is 0 Å². The Kier molecular flexibility index (Phi) is 5.53. The fraction of sp³-hybridized carbons (Fsp3) is 1.00. The lowest BCUT2D eigenvalue weighted by atomic mass is 9.96. The summed E-state index contributed by atoms with van der Waals surface area (Å²) in [6, 6.07) is -0.333. The Bertz CT molecular complexity index is 127. The van der Waals surface area contributed by atoms with E-state index in [-0.39, 0.29) is 12.1 Å². The van der Waals surface area contributed by atoms with Crippen molar-refractivity contribution in [2.75, 3.05) is 0 Å². The van der Waals surface area contributed by atoms with Crippen molar-refractivity contribution < 1.29 is 9.84 Å². The normalized spacial score (nSPS) is 17.1. The lowest BCUT2D eigenvalue weighted by Crippen LogP contribution is -2.40. The van der Waals surface area contributed by atoms with E-state index in [2.05, 4.69) is 27.7 Å². The Hall–Kier alpha value is -0.120. The summed E-state index contributed by atoms with van der Waals surface area (Å²) in [5, 5.41) is 9.45. The molecule has 0 heterocycles. The van der Waals surface area contributed by atoms with Gasteiger partial charge < -0.3 is 15.6 Å². The SMILES string of the molecule is CC(C)C(OC(O)C(C)N)C(C)C. The lowest BCUT2D eigenvalue weighted by Gasteiger charge is -2.29. The fourth-order valence-corrected chi connectivity index (χ4v) is 1.37. The molecule has 0 aliphatic rings. The van der Waals surface area contributed by atoms with E-state index < -0.39 is 6.29 Å². The second kappa shape index (κ2) is 5.58. The molecule has 0 aromatic carbocycles. The van der Waals surface area contributed by atoms with Gasteiger partial charge in [0.1, 0.15) is 0 Å². The van der Waals surface area contributed by atoms with Gasteiger partial charge in [0.2, 0.25) is 0 Å². The molecule has 0 aromatic rings. The van der Waals surface area contributed by atoms with Gasteiger partial charge in [0.05, 0.1) is 12.1 Å². The topological polar surface area (TPSA) is 55.5 Å². The van der Waals surface area contributed by atoms with E-state index in [9.17, 15) is 5.11 Å². The summed E-state index contributed by atoms with van der Waals surface area (Å²) < 4.78 is 5.47. The van der Waals surface area contributed by atoms with Gasteiger partial charge in [0.15, 0.2) is 6.29 Å². The largest absolute Gasteiger partial charge is 0.367 e. The van der Waals surface area contributed by atoms with Gasteiger partial charge >= 0.3 is 0 Å². The van der Waals surface area contributed by atoms with Gasteiger partial charge in [-0.25, -0.2) is 0 Å². The van der Waals surface area contributed by atoms with E-state index in [4.69, 9.17) is 10.5 Å². The highest BCUT2D eigenvalue weighted by atomic mass is 16.6. The summed E-state index contributed by atoms with van der Waals surface area (Å²) in [7, 11) is 0. The maximum Gasteiger partial charge on any atom is 0.169 e. The summed E-state index contributed by atoms with van der Waals surface area (Å²) in [5.41, 5.74) is 5.51. The standard InChI is InChI=1S/C10H23NO2/c1-6(2)9(7(3)4)13-10(12)8(5)11/h6-10,12H,11H2,1-5H3. The van der Waals surface area contributed by atoms with Crippen LogP contribution in [0, 0.1) is 11.8 Å². The summed E-state index contributed by atoms with van der Waals surface area (Å²) >= 11 is 0. The predicted molar refractivity (Wildman–Crippen MR) is 54.2 cm³/mol. The van der Waals surface area contributed by atoms with Crippen LogP contribution in [-0.2, 0) is 4.74 Å². The highest BCUT2D eigenvalue weighted by Gasteiger charge is 2.23. The molecule has 0 aliphatic heterocycles. The molecule has 3 heteroatoms. The number of rotatable bonds is 5. The van der Waals surface area contributed by atoms with Crippen LogP contribution in [0.25, 0.3) is 0 Å². The van der Waals surface area contributed by atoms with Crippen LogP contribution < -0.4 is 5.73 Å². The molecule has 0 rings (SSSR count). The van der Waals surface area contributed by atoms with E-state index in [0.29, 0.717) is 11.8 Å². The van der Waals surface area contributed by atoms with Crippen LogP contribution in [0.15, 0.2) is 0 Å². The Morgan fingerprint density at radius 1 is 1.00 bits per heavy atom. The van der Waals surface area contributed by atoms with E-state index >= 15 is 0 Å². The van der Waals surface area contributed by atoms with Gasteiger partial charge in [0.25, 0.3) is 0 Å². The van der Waals surface area contributed by atoms with E-state index in [0.717, 1.165) is 0 Å². The second-order valence-electron chi connectivity index (χ2n) is 4.34. The quantitative estimate of drug-likeness (QED) is 0.642. The van der Waals surface area contributed by atoms with Gasteiger partial charge in [-0.3, -0.25) is 0 Å². The van der Waals surface area contributed by atoms with E-state index in [1.807, 2.05) is 0 Å². The van der Waals surface area contributed by atoms with Crippen molar-refractivity contribution >= 4 is 0 Å². The average Bonchev–Trinajstić information content (AvgIpc) is 1.97. The minimum Gasteiger partial charge on any atom is -0.367 e. The third kappa shape index (κ3) is 4.60. The van der Waals surface area contributed by atoms with Crippen LogP contribution in [0.1, 0.15) is 34.6 Å². The molecule has 13 heavy (non-hydrogen) atoms. The van der Waals surface area contributed by atoms with Crippen molar-refractivity contribution in [1.29, 1.82) is 0 Å². The first-order valence-electron chi connectivity index (χ1n) is 4.95. The molecule has 0 amide bonds. The zero-order chi connectivity index (χ0) is 10.6. The first kappa shape index (κ1) is 12.9. The van der Waals surface area contributed by atoms with E-state index in [1.165, 1.54) is 0 Å². The van der Waals surface area contributed by atoms with Crippen molar-refractivity contribution in [2.24, 2.45) is 17.6 Å². The summed E-state index contributed by atoms with van der Waals surface area (Å²) in [6.07, 6.45) is -0.782. The molecule has 0 saturated heterocycles. The molecule has 0 aromatic heterocycles. The van der Waals surface area contributed by atoms with Crippen LogP contribution in [0.5, 0.6) is 0 Å². The van der Waals surface area contributed by atoms with Crippen LogP contribution in [-0.4, -0.2) is 23.5 Å². The maximum atomic E-state index is 9.45. The van der Waals surface area contributed by atoms with Gasteiger partial charge in [-0.15, -0.1) is 0 Å². The molecule has 0 saturated carbocycles. The van der Waals surface area contributed by atoms with Crippen molar-refractivity contribution in [2.45, 2.75) is 53.1 Å². The monoisotopic (exact) mass is 189 g/mol. The zero-order valence-electron chi connectivity index (χ0n) is 9.32. The minimum atomic E-state index is -0.852. The minimum absolute atomic E-state index is 0.0704. The first-order valence-corrected chi connectivity index (χ1v) is 4.95. The molecule has 2 atom stereocenters. The van der Waals surface area contributed by atoms with Crippen molar-refractivity contribution in [1.82, 2.24) is 0 Å².